The Kier molecular flexibility index (Phi) is 17.1. The Morgan fingerprint density at radius 3 is 2.29 bits per heavy atom. The number of aliphatic hydroxyl groups is 3. The van der Waals surface area contributed by atoms with Gasteiger partial charge in [-0.15, -0.1) is 5.10 Å². The number of carboxylic acids is 1. The van der Waals surface area contributed by atoms with E-state index in [-0.39, 0.29) is 75.7 Å². The number of benzene rings is 1. The van der Waals surface area contributed by atoms with E-state index in [1.165, 1.54) is 11.1 Å². The van der Waals surface area contributed by atoms with Crippen molar-refractivity contribution in [2.24, 2.45) is 5.92 Å². The third kappa shape index (κ3) is 12.5. The van der Waals surface area contributed by atoms with Gasteiger partial charge < -0.3 is 60.1 Å². The summed E-state index contributed by atoms with van der Waals surface area (Å²) in [6, 6.07) is 1.39. The quantitative estimate of drug-likeness (QED) is 0.205. The SMILES string of the molecule is Cc1cc2cc(C)c1OCCOC[C@@H](NC(=O)C1CCCOC1)COCCCC[C@]1(C(=O)O)C[C@H](O)[C@@H](NC(=O)Cn3cc(C4CCCCC4)nn3)[C@@H](O1)[C@H](O)[C@H](O)CNC2=O. The summed E-state index contributed by atoms with van der Waals surface area (Å²) in [5, 5.41) is 61.8. The molecule has 1 aromatic carbocycles. The van der Waals surface area contributed by atoms with Crippen LogP contribution in [0.4, 0.5) is 0 Å². The predicted octanol–water partition coefficient (Wildman–Crippen LogP) is 1.06. The Bertz CT molecular complexity index is 1790. The molecule has 1 saturated carbocycles. The third-order valence-electron chi connectivity index (χ3n) is 12.3. The van der Waals surface area contributed by atoms with E-state index in [0.717, 1.165) is 37.8 Å². The monoisotopic (exact) mass is 872 g/mol. The molecule has 1 unspecified atom stereocenters. The number of aliphatic hydroxyl groups excluding tert-OH is 3. The van der Waals surface area contributed by atoms with Crippen molar-refractivity contribution >= 4 is 23.7 Å². The van der Waals surface area contributed by atoms with Gasteiger partial charge in [0.2, 0.25) is 11.8 Å². The number of fused-ring (bicyclic) bond motifs is 17. The van der Waals surface area contributed by atoms with Crippen molar-refractivity contribution in [3.63, 3.8) is 0 Å². The zero-order chi connectivity index (χ0) is 44.2. The molecule has 344 valence electrons. The number of carboxylic acid groups (broad SMARTS) is 1. The van der Waals surface area contributed by atoms with E-state index in [4.69, 9.17) is 23.7 Å². The van der Waals surface area contributed by atoms with Crippen LogP contribution in [0.3, 0.4) is 0 Å². The zero-order valence-electron chi connectivity index (χ0n) is 35.8. The molecule has 2 saturated heterocycles. The van der Waals surface area contributed by atoms with E-state index in [1.807, 2.05) is 0 Å². The smallest absolute Gasteiger partial charge is 0.336 e. The molecule has 2 aromatic rings. The molecule has 19 nitrogen and oxygen atoms in total. The number of aryl methyl sites for hydroxylation is 2. The maximum Gasteiger partial charge on any atom is 0.336 e. The molecular formula is C43H64N6O13. The molecule has 19 heteroatoms. The molecule has 4 bridgehead atoms. The fourth-order valence-corrected chi connectivity index (χ4v) is 8.90. The molecule has 4 aliphatic heterocycles. The average molecular weight is 873 g/mol. The molecule has 3 amide bonds. The van der Waals surface area contributed by atoms with Gasteiger partial charge in [-0.3, -0.25) is 14.4 Å². The highest BCUT2D eigenvalue weighted by molar-refractivity contribution is 5.95. The van der Waals surface area contributed by atoms with Crippen LogP contribution in [0, 0.1) is 19.8 Å². The number of carbonyl (C=O) groups excluding carboxylic acids is 3. The minimum absolute atomic E-state index is 0.109. The van der Waals surface area contributed by atoms with Gasteiger partial charge in [0.05, 0.1) is 62.3 Å². The van der Waals surface area contributed by atoms with E-state index >= 15 is 0 Å². The molecule has 1 aromatic heterocycles. The first-order valence-electron chi connectivity index (χ1n) is 22.0. The highest BCUT2D eigenvalue weighted by Gasteiger charge is 2.54. The number of nitrogens with zero attached hydrogens (tertiary/aromatic N) is 3. The minimum Gasteiger partial charge on any atom is -0.491 e. The van der Waals surface area contributed by atoms with Crippen molar-refractivity contribution in [2.45, 2.75) is 139 Å². The van der Waals surface area contributed by atoms with Gasteiger partial charge in [0.15, 0.2) is 5.60 Å². The van der Waals surface area contributed by atoms with Crippen LogP contribution >= 0.6 is 0 Å². The Morgan fingerprint density at radius 1 is 0.871 bits per heavy atom. The van der Waals surface area contributed by atoms with E-state index in [1.54, 1.807) is 32.2 Å². The van der Waals surface area contributed by atoms with Crippen LogP contribution in [-0.4, -0.2) is 154 Å². The largest absolute Gasteiger partial charge is 0.491 e. The Balaban J connectivity index is 1.19. The number of amides is 3. The zero-order valence-corrected chi connectivity index (χ0v) is 35.8. The lowest BCUT2D eigenvalue weighted by Crippen LogP contribution is -2.67. The van der Waals surface area contributed by atoms with Crippen LogP contribution in [0.5, 0.6) is 5.75 Å². The van der Waals surface area contributed by atoms with E-state index < -0.39 is 72.8 Å². The average Bonchev–Trinajstić information content (AvgIpc) is 3.73. The van der Waals surface area contributed by atoms with Gasteiger partial charge in [-0.1, -0.05) is 24.5 Å². The second kappa shape index (κ2) is 22.4. The second-order valence-corrected chi connectivity index (χ2v) is 17.2. The van der Waals surface area contributed by atoms with E-state index in [9.17, 15) is 39.6 Å². The molecule has 0 spiro atoms. The summed E-state index contributed by atoms with van der Waals surface area (Å²) < 4.78 is 31.0. The maximum atomic E-state index is 13.5. The van der Waals surface area contributed by atoms with Crippen LogP contribution in [0.1, 0.15) is 104 Å². The number of rotatable bonds is 7. The first kappa shape index (κ1) is 47.2. The summed E-state index contributed by atoms with van der Waals surface area (Å²) >= 11 is 0. The van der Waals surface area contributed by atoms with Crippen molar-refractivity contribution in [1.82, 2.24) is 30.9 Å². The van der Waals surface area contributed by atoms with Crippen LogP contribution in [0.2, 0.25) is 0 Å². The topological polar surface area (TPSA) is 262 Å². The molecule has 3 fully saturated rings. The molecule has 5 heterocycles. The summed E-state index contributed by atoms with van der Waals surface area (Å²) in [6.45, 7) is 4.64. The number of aromatic nitrogens is 3. The number of nitrogens with one attached hydrogen (secondary N) is 3. The predicted molar refractivity (Wildman–Crippen MR) is 220 cm³/mol. The summed E-state index contributed by atoms with van der Waals surface area (Å²) in [7, 11) is 0. The van der Waals surface area contributed by atoms with Crippen molar-refractivity contribution in [1.29, 1.82) is 0 Å². The molecule has 62 heavy (non-hydrogen) atoms. The van der Waals surface area contributed by atoms with Gasteiger partial charge in [0, 0.05) is 43.9 Å². The highest BCUT2D eigenvalue weighted by Crippen LogP contribution is 2.36. The fourth-order valence-electron chi connectivity index (χ4n) is 8.90. The van der Waals surface area contributed by atoms with Crippen molar-refractivity contribution in [2.75, 3.05) is 52.8 Å². The van der Waals surface area contributed by atoms with E-state index in [2.05, 4.69) is 26.3 Å². The van der Waals surface area contributed by atoms with Crippen molar-refractivity contribution in [3.05, 3.63) is 40.7 Å². The Hall–Kier alpha value is -4.24. The lowest BCUT2D eigenvalue weighted by atomic mass is 9.81. The van der Waals surface area contributed by atoms with Crippen LogP contribution in [0.25, 0.3) is 0 Å². The number of carbonyl (C=O) groups is 4. The lowest BCUT2D eigenvalue weighted by molar-refractivity contribution is -0.229. The van der Waals surface area contributed by atoms with Crippen molar-refractivity contribution in [3.8, 4) is 5.75 Å². The summed E-state index contributed by atoms with van der Waals surface area (Å²) in [5.41, 5.74) is 0.379. The van der Waals surface area contributed by atoms with Crippen LogP contribution in [-0.2, 0) is 39.9 Å². The molecule has 5 aliphatic rings. The number of ether oxygens (including phenoxy) is 5. The summed E-state index contributed by atoms with van der Waals surface area (Å²) in [4.78, 5) is 53.0. The van der Waals surface area contributed by atoms with Gasteiger partial charge in [-0.25, -0.2) is 9.48 Å². The number of hydrogen-bond donors (Lipinski definition) is 7. The van der Waals surface area contributed by atoms with Gasteiger partial charge in [-0.05, 0) is 82.1 Å². The van der Waals surface area contributed by atoms with Gasteiger partial charge in [-0.2, -0.15) is 0 Å². The molecule has 7 N–H and O–H groups in total. The van der Waals surface area contributed by atoms with Gasteiger partial charge in [0.1, 0.15) is 31.1 Å². The van der Waals surface area contributed by atoms with Gasteiger partial charge >= 0.3 is 5.97 Å². The van der Waals surface area contributed by atoms with E-state index in [0.29, 0.717) is 42.9 Å². The number of aliphatic carboxylic acids is 1. The van der Waals surface area contributed by atoms with Gasteiger partial charge in [0.25, 0.3) is 5.91 Å². The summed E-state index contributed by atoms with van der Waals surface area (Å²) in [5.74, 6) is -2.18. The first-order chi connectivity index (χ1) is 29.8. The standard InChI is InChI=1S/C43H64N6O13/c1-26-17-30-18-27(2)38(26)61-16-15-60-25-31(45-41(55)29-11-8-14-58-23-29)24-59-13-7-6-12-43(42(56)57)19-33(50)36(39(62-43)37(53)34(51)20-44-40(30)54)46-35(52)22-49-21-32(47-48-49)28-9-4-3-5-10-28/h17-18,21,28-29,31,33-34,36-37,39,50-51,53H,3-16,19-20,22-25H2,1-2H3,(H,44,54)(H,45,55)(H,46,52)(H,56,57)/t29?,31-,33-,34+,36+,37+,39+,43+/m0/s1. The molecule has 7 rings (SSSR count). The van der Waals surface area contributed by atoms with Crippen LogP contribution < -0.4 is 20.7 Å². The van der Waals surface area contributed by atoms with Crippen LogP contribution in [0.15, 0.2) is 18.3 Å². The lowest BCUT2D eigenvalue weighted by Gasteiger charge is -2.47. The Morgan fingerprint density at radius 2 is 1.58 bits per heavy atom. The summed E-state index contributed by atoms with van der Waals surface area (Å²) in [6.07, 6.45) is 1.91. The number of hydrogen-bond acceptors (Lipinski definition) is 14. The first-order valence-corrected chi connectivity index (χ1v) is 22.0. The maximum absolute atomic E-state index is 13.5. The molecular weight excluding hydrogens is 809 g/mol. The molecule has 1 aliphatic carbocycles. The van der Waals surface area contributed by atoms with Crippen molar-refractivity contribution < 1.29 is 63.3 Å². The molecule has 8 atom stereocenters. The fraction of sp³-hybridized carbons (Fsp3) is 0.721. The second-order valence-electron chi connectivity index (χ2n) is 17.2. The normalized spacial score (nSPS) is 30.3. The molecule has 0 radical (unpaired) electrons. The highest BCUT2D eigenvalue weighted by atomic mass is 16.6. The third-order valence-corrected chi connectivity index (χ3v) is 12.3. The Labute approximate surface area is 361 Å². The minimum atomic E-state index is -2.02.